The number of allylic oxidation sites excluding steroid dienone is 6. The number of unbranched alkanes of at least 4 members (excludes halogenated alkanes) is 10. The van der Waals surface area contributed by atoms with E-state index in [0.717, 1.165) is 64.2 Å². The number of nitrogens with zero attached hydrogens (tertiary/aromatic N) is 1. The summed E-state index contributed by atoms with van der Waals surface area (Å²) >= 11 is 0. The lowest BCUT2D eigenvalue weighted by molar-refractivity contribution is -0.887. The third kappa shape index (κ3) is 27.6. The molecule has 0 fully saturated rings. The molecule has 260 valence electrons. The molecule has 0 aliphatic heterocycles. The fraction of sp³-hybridized carbons (Fsp3) is 0.757. The second-order valence-corrected chi connectivity index (χ2v) is 12.7. The van der Waals surface area contributed by atoms with Crippen LogP contribution in [0.2, 0.25) is 0 Å². The second kappa shape index (κ2) is 29.0. The van der Waals surface area contributed by atoms with Gasteiger partial charge in [0.2, 0.25) is 0 Å². The average Bonchev–Trinajstić information content (AvgIpc) is 2.98. The molecule has 0 aromatic rings. The van der Waals surface area contributed by atoms with Gasteiger partial charge in [-0.25, -0.2) is 4.79 Å². The fourth-order valence-electron chi connectivity index (χ4n) is 4.78. The monoisotopic (exact) mass is 636 g/mol. The van der Waals surface area contributed by atoms with Crippen LogP contribution >= 0.6 is 0 Å². The van der Waals surface area contributed by atoms with Gasteiger partial charge in [-0.2, -0.15) is 0 Å². The van der Waals surface area contributed by atoms with Crippen molar-refractivity contribution in [3.8, 4) is 0 Å². The highest BCUT2D eigenvalue weighted by molar-refractivity contribution is 5.72. The molecule has 0 aliphatic carbocycles. The molecule has 8 heteroatoms. The van der Waals surface area contributed by atoms with E-state index in [9.17, 15) is 19.5 Å². The maximum atomic E-state index is 12.6. The van der Waals surface area contributed by atoms with Gasteiger partial charge < -0.3 is 23.8 Å². The van der Waals surface area contributed by atoms with Crippen molar-refractivity contribution in [3.63, 3.8) is 0 Å². The zero-order valence-corrected chi connectivity index (χ0v) is 29.3. The molecule has 45 heavy (non-hydrogen) atoms. The number of carbonyl (C=O) groups is 3. The van der Waals surface area contributed by atoms with Crippen LogP contribution in [-0.4, -0.2) is 80.6 Å². The van der Waals surface area contributed by atoms with Crippen LogP contribution in [0.15, 0.2) is 36.5 Å². The van der Waals surface area contributed by atoms with Gasteiger partial charge in [-0.15, -0.1) is 0 Å². The molecule has 2 atom stereocenters. The van der Waals surface area contributed by atoms with Crippen LogP contribution < -0.4 is 0 Å². The van der Waals surface area contributed by atoms with E-state index in [0.29, 0.717) is 25.7 Å². The van der Waals surface area contributed by atoms with Crippen molar-refractivity contribution < 1.29 is 38.2 Å². The van der Waals surface area contributed by atoms with E-state index in [1.54, 1.807) is 0 Å². The van der Waals surface area contributed by atoms with Gasteiger partial charge in [0.25, 0.3) is 0 Å². The first-order valence-corrected chi connectivity index (χ1v) is 17.5. The maximum Gasteiger partial charge on any atom is 0.362 e. The third-order valence-corrected chi connectivity index (χ3v) is 7.52. The molecular weight excluding hydrogens is 570 g/mol. The predicted octanol–water partition coefficient (Wildman–Crippen LogP) is 8.35. The van der Waals surface area contributed by atoms with Gasteiger partial charge in [0, 0.05) is 19.3 Å². The Morgan fingerprint density at radius 2 is 1.27 bits per heavy atom. The first-order valence-electron chi connectivity index (χ1n) is 17.5. The van der Waals surface area contributed by atoms with Crippen LogP contribution in [0.4, 0.5) is 0 Å². The van der Waals surface area contributed by atoms with E-state index in [1.807, 2.05) is 21.1 Å². The fourth-order valence-corrected chi connectivity index (χ4v) is 4.78. The summed E-state index contributed by atoms with van der Waals surface area (Å²) < 4.78 is 17.1. The third-order valence-electron chi connectivity index (χ3n) is 7.52. The van der Waals surface area contributed by atoms with Crippen molar-refractivity contribution in [3.05, 3.63) is 36.5 Å². The van der Waals surface area contributed by atoms with Crippen molar-refractivity contribution in [2.24, 2.45) is 0 Å². The number of esters is 2. The second-order valence-electron chi connectivity index (χ2n) is 12.7. The minimum atomic E-state index is -0.884. The minimum absolute atomic E-state index is 0.0467. The topological polar surface area (TPSA) is 99.1 Å². The Morgan fingerprint density at radius 3 is 1.91 bits per heavy atom. The Kier molecular flexibility index (Phi) is 27.4. The summed E-state index contributed by atoms with van der Waals surface area (Å²) in [7, 11) is 5.49. The van der Waals surface area contributed by atoms with Crippen molar-refractivity contribution in [1.82, 2.24) is 0 Å². The summed E-state index contributed by atoms with van der Waals surface area (Å²) in [5, 5.41) is 9.55. The molecule has 2 unspecified atom stereocenters. The van der Waals surface area contributed by atoms with Gasteiger partial charge in [-0.05, 0) is 57.8 Å². The summed E-state index contributed by atoms with van der Waals surface area (Å²) in [4.78, 5) is 36.6. The van der Waals surface area contributed by atoms with E-state index in [2.05, 4.69) is 50.3 Å². The quantitative estimate of drug-likeness (QED) is 0.0366. The van der Waals surface area contributed by atoms with Crippen LogP contribution in [0, 0.1) is 0 Å². The Labute approximate surface area is 274 Å². The molecule has 0 heterocycles. The number of aliphatic carboxylic acids is 1. The number of rotatable bonds is 30. The average molecular weight is 637 g/mol. The van der Waals surface area contributed by atoms with E-state index in [1.165, 1.54) is 25.7 Å². The van der Waals surface area contributed by atoms with Crippen LogP contribution in [0.3, 0.4) is 0 Å². The molecule has 0 bridgehead atoms. The van der Waals surface area contributed by atoms with Crippen molar-refractivity contribution >= 4 is 17.9 Å². The molecule has 0 spiro atoms. The molecule has 0 saturated carbocycles. The lowest BCUT2D eigenvalue weighted by Crippen LogP contribution is -2.50. The smallest absolute Gasteiger partial charge is 0.362 e. The molecular formula is C37H66NO7+. The molecule has 8 nitrogen and oxygen atoms in total. The number of carboxylic acid groups (broad SMARTS) is 1. The van der Waals surface area contributed by atoms with Crippen LogP contribution in [0.1, 0.15) is 129 Å². The number of hydrogen-bond donors (Lipinski definition) is 1. The van der Waals surface area contributed by atoms with Crippen LogP contribution in [-0.2, 0) is 28.6 Å². The largest absolute Gasteiger partial charge is 0.477 e. The predicted molar refractivity (Wildman–Crippen MR) is 183 cm³/mol. The van der Waals surface area contributed by atoms with Crippen molar-refractivity contribution in [1.29, 1.82) is 0 Å². The maximum absolute atomic E-state index is 12.6. The highest BCUT2D eigenvalue weighted by atomic mass is 16.6. The van der Waals surface area contributed by atoms with E-state index in [-0.39, 0.29) is 36.2 Å². The van der Waals surface area contributed by atoms with E-state index < -0.39 is 18.1 Å². The first kappa shape index (κ1) is 42.6. The molecule has 0 aromatic heterocycles. The standard InChI is InChI=1S/C37H65NO7/c1-6-8-10-12-14-16-17-18-20-22-24-26-28-36(40)45-33(31-43-30-29-34(37(41)42)38(3,4)5)32-44-35(39)27-25-23-21-19-15-13-11-9-7-2/h8,10,14,16,19,21,33-34H,6-7,9,11-13,15,17-18,20,22-32H2,1-5H3/p+1/b10-8+,16-14+,21-19+. The lowest BCUT2D eigenvalue weighted by atomic mass is 10.1. The van der Waals surface area contributed by atoms with E-state index >= 15 is 0 Å². The number of carboxylic acids is 1. The minimum Gasteiger partial charge on any atom is -0.477 e. The van der Waals surface area contributed by atoms with Gasteiger partial charge in [-0.3, -0.25) is 9.59 Å². The number of hydrogen-bond acceptors (Lipinski definition) is 6. The summed E-state index contributed by atoms with van der Waals surface area (Å²) in [6, 6.07) is -0.617. The zero-order chi connectivity index (χ0) is 33.6. The summed E-state index contributed by atoms with van der Waals surface area (Å²) in [6.45, 7) is 4.51. The van der Waals surface area contributed by atoms with Gasteiger partial charge in [0.1, 0.15) is 6.61 Å². The van der Waals surface area contributed by atoms with Crippen molar-refractivity contribution in [2.45, 2.75) is 142 Å². The highest BCUT2D eigenvalue weighted by Crippen LogP contribution is 2.12. The van der Waals surface area contributed by atoms with Crippen LogP contribution in [0.25, 0.3) is 0 Å². The Hall–Kier alpha value is -2.45. The van der Waals surface area contributed by atoms with Gasteiger partial charge in [-0.1, -0.05) is 88.8 Å². The molecule has 0 radical (unpaired) electrons. The molecule has 0 aromatic carbocycles. The van der Waals surface area contributed by atoms with Crippen LogP contribution in [0.5, 0.6) is 0 Å². The Morgan fingerprint density at radius 1 is 0.689 bits per heavy atom. The number of quaternary nitrogens is 1. The molecule has 0 rings (SSSR count). The summed E-state index contributed by atoms with van der Waals surface area (Å²) in [6.07, 6.45) is 29.1. The molecule has 1 N–H and O–H groups in total. The SMILES string of the molecule is CC/C=C/C/C=C/CCCCCCCC(=O)OC(COCCC(C(=O)O)[N+](C)(C)C)COC(=O)CCC/C=C/CCCCCC. The number of likely N-dealkylation sites (N-methyl/N-ethyl adjacent to an activating group) is 1. The van der Waals surface area contributed by atoms with Gasteiger partial charge in [0.05, 0.1) is 34.4 Å². The normalized spacial score (nSPS) is 13.5. The van der Waals surface area contributed by atoms with Crippen molar-refractivity contribution in [2.75, 3.05) is 41.0 Å². The molecule has 0 aliphatic rings. The molecule has 0 saturated heterocycles. The highest BCUT2D eigenvalue weighted by Gasteiger charge is 2.31. The van der Waals surface area contributed by atoms with Gasteiger partial charge >= 0.3 is 17.9 Å². The van der Waals surface area contributed by atoms with E-state index in [4.69, 9.17) is 14.2 Å². The number of ether oxygens (including phenoxy) is 3. The van der Waals surface area contributed by atoms with Gasteiger partial charge in [0.15, 0.2) is 12.1 Å². The zero-order valence-electron chi connectivity index (χ0n) is 29.3. The summed E-state index contributed by atoms with van der Waals surface area (Å²) in [5.74, 6) is -1.54. The molecule has 0 amide bonds. The Balaban J connectivity index is 4.53. The Bertz CT molecular complexity index is 844. The lowest BCUT2D eigenvalue weighted by Gasteiger charge is -2.31. The number of carbonyl (C=O) groups excluding carboxylic acids is 2. The first-order chi connectivity index (χ1) is 21.6. The summed E-state index contributed by atoms with van der Waals surface area (Å²) in [5.41, 5.74) is 0.